The fourth-order valence-electron chi connectivity index (χ4n) is 3.19. The number of rotatable bonds is 9. The van der Waals surface area contributed by atoms with Gasteiger partial charge in [0.15, 0.2) is 11.5 Å². The molecule has 3 aromatic rings. The van der Waals surface area contributed by atoms with Crippen LogP contribution in [0.15, 0.2) is 64.6 Å². The first-order valence-corrected chi connectivity index (χ1v) is 11.9. The molecule has 8 nitrogen and oxygen atoms in total. The Kier molecular flexibility index (Phi) is 9.06. The maximum atomic E-state index is 12.8. The number of non-ortho nitro benzene ring substituents is 1. The predicted octanol–water partition coefficient (Wildman–Crippen LogP) is 6.84. The number of hydrogen-bond donors (Lipinski definition) is 1. The molecule has 0 aliphatic carbocycles. The highest BCUT2D eigenvalue weighted by atomic mass is 79.9. The summed E-state index contributed by atoms with van der Waals surface area (Å²) in [5.41, 5.74) is 2.30. The first kappa shape index (κ1) is 26.7. The molecule has 0 bridgehead atoms. The van der Waals surface area contributed by atoms with Crippen molar-refractivity contribution >= 4 is 50.9 Å². The van der Waals surface area contributed by atoms with Gasteiger partial charge in [-0.15, -0.1) is 0 Å². The Labute approximate surface area is 221 Å². The van der Waals surface area contributed by atoms with Gasteiger partial charge in [0.05, 0.1) is 11.5 Å². The molecule has 0 fully saturated rings. The second-order valence-electron chi connectivity index (χ2n) is 7.55. The van der Waals surface area contributed by atoms with Gasteiger partial charge in [0.25, 0.3) is 11.6 Å². The van der Waals surface area contributed by atoms with Crippen LogP contribution in [0, 0.1) is 28.4 Å². The van der Waals surface area contributed by atoms with Crippen LogP contribution in [-0.4, -0.2) is 17.4 Å². The molecule has 0 aliphatic rings. The lowest BCUT2D eigenvalue weighted by atomic mass is 10.1. The lowest BCUT2D eigenvalue weighted by Crippen LogP contribution is -2.14. The third-order valence-electron chi connectivity index (χ3n) is 4.99. The first-order valence-electron chi connectivity index (χ1n) is 10.7. The molecule has 0 saturated carbocycles. The molecule has 0 atom stereocenters. The van der Waals surface area contributed by atoms with Crippen LogP contribution in [0.5, 0.6) is 11.5 Å². The van der Waals surface area contributed by atoms with Crippen molar-refractivity contribution in [2.24, 2.45) is 0 Å². The van der Waals surface area contributed by atoms with E-state index >= 15 is 0 Å². The van der Waals surface area contributed by atoms with E-state index < -0.39 is 10.8 Å². The van der Waals surface area contributed by atoms with Crippen LogP contribution in [0.4, 0.5) is 11.4 Å². The maximum Gasteiger partial charge on any atom is 0.269 e. The van der Waals surface area contributed by atoms with Crippen LogP contribution < -0.4 is 14.8 Å². The van der Waals surface area contributed by atoms with E-state index in [1.165, 1.54) is 18.2 Å². The SMILES string of the molecule is CCOc1cc(/C=C(\C#N)C(=O)Nc2cc(Cl)ccc2C)c(Br)cc1OCc1cccc([N+](=O)[O-])c1. The molecule has 0 heterocycles. The van der Waals surface area contributed by atoms with Crippen LogP contribution in [0.1, 0.15) is 23.6 Å². The molecule has 10 heteroatoms. The lowest BCUT2D eigenvalue weighted by Gasteiger charge is -2.14. The lowest BCUT2D eigenvalue weighted by molar-refractivity contribution is -0.384. The van der Waals surface area contributed by atoms with Crippen LogP contribution >= 0.6 is 27.5 Å². The number of nitrogens with zero attached hydrogens (tertiary/aromatic N) is 2. The minimum Gasteiger partial charge on any atom is -0.490 e. The molecular formula is C26H21BrClN3O5. The zero-order chi connectivity index (χ0) is 26.2. The Morgan fingerprint density at radius 3 is 2.64 bits per heavy atom. The van der Waals surface area contributed by atoms with E-state index in [-0.39, 0.29) is 17.9 Å². The Hall–Kier alpha value is -3.87. The van der Waals surface area contributed by atoms with Crippen LogP contribution in [0.3, 0.4) is 0 Å². The number of anilines is 1. The molecule has 3 aromatic carbocycles. The van der Waals surface area contributed by atoms with E-state index in [1.54, 1.807) is 42.5 Å². The van der Waals surface area contributed by atoms with E-state index in [9.17, 15) is 20.2 Å². The van der Waals surface area contributed by atoms with Crippen molar-refractivity contribution in [3.63, 3.8) is 0 Å². The Balaban J connectivity index is 1.86. The molecule has 0 aliphatic heterocycles. The number of nitrogens with one attached hydrogen (secondary N) is 1. The number of carbonyl (C=O) groups excluding carboxylic acids is 1. The minimum absolute atomic E-state index is 0.0296. The second-order valence-corrected chi connectivity index (χ2v) is 8.84. The summed E-state index contributed by atoms with van der Waals surface area (Å²) in [5.74, 6) is 0.199. The van der Waals surface area contributed by atoms with Gasteiger partial charge in [-0.25, -0.2) is 0 Å². The Morgan fingerprint density at radius 2 is 1.94 bits per heavy atom. The summed E-state index contributed by atoms with van der Waals surface area (Å²) < 4.78 is 12.1. The van der Waals surface area contributed by atoms with E-state index in [0.717, 1.165) is 5.56 Å². The summed E-state index contributed by atoms with van der Waals surface area (Å²) in [4.78, 5) is 23.3. The van der Waals surface area contributed by atoms with E-state index in [1.807, 2.05) is 19.9 Å². The highest BCUT2D eigenvalue weighted by Gasteiger charge is 2.15. The van der Waals surface area contributed by atoms with Gasteiger partial charge in [0, 0.05) is 27.3 Å². The molecular weight excluding hydrogens is 550 g/mol. The standard InChI is InChI=1S/C26H21BrClN3O5/c1-3-35-24-11-18(10-19(14-29)26(32)30-23-12-20(28)8-7-16(23)2)22(27)13-25(24)36-15-17-5-4-6-21(9-17)31(33)34/h4-13H,3,15H2,1-2H3,(H,30,32)/b19-10+. The van der Waals surface area contributed by atoms with E-state index in [2.05, 4.69) is 21.2 Å². The Bertz CT molecular complexity index is 1380. The summed E-state index contributed by atoms with van der Waals surface area (Å²) in [6.07, 6.45) is 1.44. The number of benzene rings is 3. The molecule has 3 rings (SSSR count). The maximum absolute atomic E-state index is 12.8. The van der Waals surface area contributed by atoms with Gasteiger partial charge in [0.1, 0.15) is 18.2 Å². The number of nitriles is 1. The molecule has 0 radical (unpaired) electrons. The number of nitro benzene ring substituents is 1. The summed E-state index contributed by atoms with van der Waals surface area (Å²) in [6, 6.07) is 16.5. The van der Waals surface area contributed by atoms with Crippen molar-refractivity contribution in [1.29, 1.82) is 5.26 Å². The number of nitro groups is 1. The highest BCUT2D eigenvalue weighted by molar-refractivity contribution is 9.10. The highest BCUT2D eigenvalue weighted by Crippen LogP contribution is 2.35. The van der Waals surface area contributed by atoms with Crippen LogP contribution in [0.25, 0.3) is 6.08 Å². The molecule has 0 aromatic heterocycles. The van der Waals surface area contributed by atoms with Gasteiger partial charge >= 0.3 is 0 Å². The molecule has 1 amide bonds. The largest absolute Gasteiger partial charge is 0.490 e. The van der Waals surface area contributed by atoms with Crippen molar-refractivity contribution in [3.8, 4) is 17.6 Å². The van der Waals surface area contributed by atoms with Crippen molar-refractivity contribution in [3.05, 3.63) is 96.5 Å². The number of ether oxygens (including phenoxy) is 2. The quantitative estimate of drug-likeness (QED) is 0.130. The summed E-state index contributed by atoms with van der Waals surface area (Å²) in [6.45, 7) is 4.05. The smallest absolute Gasteiger partial charge is 0.269 e. The first-order chi connectivity index (χ1) is 17.2. The zero-order valence-corrected chi connectivity index (χ0v) is 21.7. The van der Waals surface area contributed by atoms with Gasteiger partial charge in [0.2, 0.25) is 0 Å². The van der Waals surface area contributed by atoms with Crippen molar-refractivity contribution in [2.45, 2.75) is 20.5 Å². The normalized spacial score (nSPS) is 10.9. The van der Waals surface area contributed by atoms with Crippen LogP contribution in [0.2, 0.25) is 5.02 Å². The zero-order valence-electron chi connectivity index (χ0n) is 19.4. The molecule has 0 spiro atoms. The number of carbonyl (C=O) groups is 1. The van der Waals surface area contributed by atoms with Gasteiger partial charge < -0.3 is 14.8 Å². The number of hydrogen-bond acceptors (Lipinski definition) is 6. The molecule has 0 unspecified atom stereocenters. The molecule has 0 saturated heterocycles. The monoisotopic (exact) mass is 569 g/mol. The third-order valence-corrected chi connectivity index (χ3v) is 5.91. The fraction of sp³-hybridized carbons (Fsp3) is 0.154. The predicted molar refractivity (Wildman–Crippen MR) is 141 cm³/mol. The fourth-order valence-corrected chi connectivity index (χ4v) is 3.80. The van der Waals surface area contributed by atoms with Gasteiger partial charge in [-0.3, -0.25) is 14.9 Å². The van der Waals surface area contributed by atoms with Crippen LogP contribution in [-0.2, 0) is 11.4 Å². The summed E-state index contributed by atoms with van der Waals surface area (Å²) in [5, 5.41) is 23.8. The topological polar surface area (TPSA) is 114 Å². The second kappa shape index (κ2) is 12.2. The summed E-state index contributed by atoms with van der Waals surface area (Å²) >= 11 is 9.48. The minimum atomic E-state index is -0.585. The van der Waals surface area contributed by atoms with E-state index in [4.69, 9.17) is 21.1 Å². The van der Waals surface area contributed by atoms with Crippen molar-refractivity contribution < 1.29 is 19.2 Å². The number of amides is 1. The third kappa shape index (κ3) is 6.84. The average molecular weight is 571 g/mol. The van der Waals surface area contributed by atoms with Gasteiger partial charge in [-0.2, -0.15) is 5.26 Å². The number of halogens is 2. The van der Waals surface area contributed by atoms with Crippen molar-refractivity contribution in [2.75, 3.05) is 11.9 Å². The molecule has 36 heavy (non-hydrogen) atoms. The molecule has 184 valence electrons. The molecule has 1 N–H and O–H groups in total. The average Bonchev–Trinajstić information content (AvgIpc) is 2.85. The summed E-state index contributed by atoms with van der Waals surface area (Å²) in [7, 11) is 0. The van der Waals surface area contributed by atoms with Crippen molar-refractivity contribution in [1.82, 2.24) is 0 Å². The van der Waals surface area contributed by atoms with Gasteiger partial charge in [-0.1, -0.05) is 45.7 Å². The number of aryl methyl sites for hydroxylation is 1. The van der Waals surface area contributed by atoms with Gasteiger partial charge in [-0.05, 0) is 60.9 Å². The van der Waals surface area contributed by atoms with E-state index in [0.29, 0.717) is 44.4 Å². The Morgan fingerprint density at radius 1 is 1.19 bits per heavy atom.